The number of amides is 2. The van der Waals surface area contributed by atoms with Crippen molar-refractivity contribution in [1.29, 1.82) is 0 Å². The molecular weight excluding hydrogens is 356 g/mol. The average molecular weight is 375 g/mol. The van der Waals surface area contributed by atoms with Crippen LogP contribution in [0.3, 0.4) is 0 Å². The van der Waals surface area contributed by atoms with Crippen LogP contribution in [0.1, 0.15) is 27.9 Å². The van der Waals surface area contributed by atoms with Crippen molar-refractivity contribution in [3.63, 3.8) is 0 Å². The fourth-order valence-corrected chi connectivity index (χ4v) is 2.62. The van der Waals surface area contributed by atoms with E-state index in [1.807, 2.05) is 32.0 Å². The molecule has 26 heavy (non-hydrogen) atoms. The fourth-order valence-electron chi connectivity index (χ4n) is 2.46. The lowest BCUT2D eigenvalue weighted by Gasteiger charge is -2.10. The van der Waals surface area contributed by atoms with E-state index in [9.17, 15) is 14.4 Å². The summed E-state index contributed by atoms with van der Waals surface area (Å²) in [5.74, 6) is -1.55. The Morgan fingerprint density at radius 3 is 2.19 bits per heavy atom. The highest BCUT2D eigenvalue weighted by atomic mass is 35.5. The van der Waals surface area contributed by atoms with Crippen LogP contribution in [0.15, 0.2) is 36.4 Å². The first-order valence-corrected chi connectivity index (χ1v) is 8.22. The lowest BCUT2D eigenvalue weighted by Crippen LogP contribution is -2.21. The van der Waals surface area contributed by atoms with Crippen LogP contribution in [0.5, 0.6) is 0 Å². The third kappa shape index (κ3) is 5.32. The summed E-state index contributed by atoms with van der Waals surface area (Å²) in [6.07, 6.45) is -0.383. The third-order valence-electron chi connectivity index (χ3n) is 3.49. The average Bonchev–Trinajstić information content (AvgIpc) is 2.54. The Bertz CT molecular complexity index is 844. The summed E-state index contributed by atoms with van der Waals surface area (Å²) in [6, 6.07) is 9.97. The molecule has 0 fully saturated rings. The van der Waals surface area contributed by atoms with Gasteiger partial charge in [-0.05, 0) is 55.3 Å². The van der Waals surface area contributed by atoms with Gasteiger partial charge in [0, 0.05) is 5.69 Å². The lowest BCUT2D eigenvalue weighted by molar-refractivity contribution is -0.123. The zero-order chi connectivity index (χ0) is 19.3. The molecule has 6 nitrogen and oxygen atoms in total. The van der Waals surface area contributed by atoms with Crippen LogP contribution in [0.4, 0.5) is 11.4 Å². The fraction of sp³-hybridized carbons (Fsp3) is 0.211. The van der Waals surface area contributed by atoms with Crippen LogP contribution in [-0.4, -0.2) is 24.9 Å². The largest absolute Gasteiger partial charge is 0.465 e. The maximum Gasteiger partial charge on any atom is 0.337 e. The quantitative estimate of drug-likeness (QED) is 0.617. The standard InChI is InChI=1S/C19H19ClN2O4/c1-11-6-12(2)8-14(7-11)21-17(23)10-18(24)22-16-9-13(19(25)26-3)4-5-15(16)20/h4-9H,10H2,1-3H3,(H,21,23)(H,22,24). The van der Waals surface area contributed by atoms with Crippen molar-refractivity contribution in [2.24, 2.45) is 0 Å². The number of methoxy groups -OCH3 is 1. The first kappa shape index (κ1) is 19.5. The topological polar surface area (TPSA) is 84.5 Å². The van der Waals surface area contributed by atoms with Crippen LogP contribution < -0.4 is 10.6 Å². The lowest BCUT2D eigenvalue weighted by atomic mass is 10.1. The summed E-state index contributed by atoms with van der Waals surface area (Å²) in [6.45, 7) is 3.84. The Morgan fingerprint density at radius 2 is 1.58 bits per heavy atom. The molecule has 0 bridgehead atoms. The number of esters is 1. The second kappa shape index (κ2) is 8.49. The zero-order valence-electron chi connectivity index (χ0n) is 14.7. The highest BCUT2D eigenvalue weighted by Crippen LogP contribution is 2.23. The van der Waals surface area contributed by atoms with E-state index < -0.39 is 17.8 Å². The van der Waals surface area contributed by atoms with E-state index in [1.165, 1.54) is 25.3 Å². The van der Waals surface area contributed by atoms with Gasteiger partial charge in [0.25, 0.3) is 0 Å². The predicted molar refractivity (Wildman–Crippen MR) is 101 cm³/mol. The van der Waals surface area contributed by atoms with E-state index in [-0.39, 0.29) is 22.7 Å². The van der Waals surface area contributed by atoms with Crippen molar-refractivity contribution >= 4 is 40.8 Å². The molecule has 0 saturated heterocycles. The second-order valence-corrected chi connectivity index (χ2v) is 6.24. The number of carbonyl (C=O) groups excluding carboxylic acids is 3. The Balaban J connectivity index is 2.02. The molecule has 2 amide bonds. The number of hydrogen-bond acceptors (Lipinski definition) is 4. The summed E-state index contributed by atoms with van der Waals surface area (Å²) in [7, 11) is 1.26. The minimum absolute atomic E-state index is 0.235. The molecule has 0 spiro atoms. The van der Waals surface area contributed by atoms with Gasteiger partial charge in [-0.25, -0.2) is 4.79 Å². The first-order chi connectivity index (χ1) is 12.3. The molecule has 0 radical (unpaired) electrons. The third-order valence-corrected chi connectivity index (χ3v) is 3.82. The Kier molecular flexibility index (Phi) is 6.36. The maximum atomic E-state index is 12.1. The molecule has 0 aliphatic rings. The summed E-state index contributed by atoms with van der Waals surface area (Å²) in [4.78, 5) is 35.7. The van der Waals surface area contributed by atoms with Gasteiger partial charge in [0.15, 0.2) is 0 Å². The second-order valence-electron chi connectivity index (χ2n) is 5.84. The van der Waals surface area contributed by atoms with E-state index in [4.69, 9.17) is 11.6 Å². The number of carbonyl (C=O) groups is 3. The minimum Gasteiger partial charge on any atom is -0.465 e. The van der Waals surface area contributed by atoms with Crippen molar-refractivity contribution in [3.05, 3.63) is 58.1 Å². The van der Waals surface area contributed by atoms with Gasteiger partial charge >= 0.3 is 5.97 Å². The molecule has 0 atom stereocenters. The summed E-state index contributed by atoms with van der Waals surface area (Å²) in [5, 5.41) is 5.47. The molecule has 2 N–H and O–H groups in total. The Morgan fingerprint density at radius 1 is 0.962 bits per heavy atom. The number of nitrogens with one attached hydrogen (secondary N) is 2. The Hall–Kier alpha value is -2.86. The predicted octanol–water partition coefficient (Wildman–Crippen LogP) is 3.71. The zero-order valence-corrected chi connectivity index (χ0v) is 15.4. The SMILES string of the molecule is COC(=O)c1ccc(Cl)c(NC(=O)CC(=O)Nc2cc(C)cc(C)c2)c1. The molecule has 2 aromatic rings. The van der Waals surface area contributed by atoms with E-state index in [0.29, 0.717) is 5.69 Å². The molecule has 0 heterocycles. The summed E-state index contributed by atoms with van der Waals surface area (Å²) >= 11 is 6.02. The molecular formula is C19H19ClN2O4. The van der Waals surface area contributed by atoms with Crippen molar-refractivity contribution in [3.8, 4) is 0 Å². The number of anilines is 2. The molecule has 0 aliphatic carbocycles. The van der Waals surface area contributed by atoms with E-state index in [1.54, 1.807) is 0 Å². The molecule has 136 valence electrons. The molecule has 7 heteroatoms. The van der Waals surface area contributed by atoms with Crippen molar-refractivity contribution < 1.29 is 19.1 Å². The van der Waals surface area contributed by atoms with E-state index in [2.05, 4.69) is 15.4 Å². The van der Waals surface area contributed by atoms with Gasteiger partial charge in [-0.15, -0.1) is 0 Å². The van der Waals surface area contributed by atoms with Gasteiger partial charge in [-0.1, -0.05) is 17.7 Å². The van der Waals surface area contributed by atoms with Crippen LogP contribution in [-0.2, 0) is 14.3 Å². The molecule has 2 aromatic carbocycles. The van der Waals surface area contributed by atoms with E-state index in [0.717, 1.165) is 11.1 Å². The summed E-state index contributed by atoms with van der Waals surface area (Å²) in [5.41, 5.74) is 3.13. The van der Waals surface area contributed by atoms with Crippen LogP contribution in [0, 0.1) is 13.8 Å². The molecule has 0 aliphatic heterocycles. The van der Waals surface area contributed by atoms with Crippen molar-refractivity contribution in [2.45, 2.75) is 20.3 Å². The van der Waals surface area contributed by atoms with Crippen LogP contribution in [0.25, 0.3) is 0 Å². The smallest absolute Gasteiger partial charge is 0.337 e. The van der Waals surface area contributed by atoms with Gasteiger partial charge < -0.3 is 15.4 Å². The molecule has 0 unspecified atom stereocenters. The summed E-state index contributed by atoms with van der Waals surface area (Å²) < 4.78 is 4.63. The number of halogens is 1. The van der Waals surface area contributed by atoms with Gasteiger partial charge in [-0.2, -0.15) is 0 Å². The van der Waals surface area contributed by atoms with Crippen molar-refractivity contribution in [1.82, 2.24) is 0 Å². The van der Waals surface area contributed by atoms with Crippen LogP contribution in [0.2, 0.25) is 5.02 Å². The molecule has 0 saturated carbocycles. The highest BCUT2D eigenvalue weighted by Gasteiger charge is 2.14. The number of aryl methyl sites for hydroxylation is 2. The molecule has 2 rings (SSSR count). The number of benzene rings is 2. The number of rotatable bonds is 5. The number of hydrogen-bond donors (Lipinski definition) is 2. The van der Waals surface area contributed by atoms with E-state index >= 15 is 0 Å². The minimum atomic E-state index is -0.551. The van der Waals surface area contributed by atoms with Gasteiger partial charge in [0.2, 0.25) is 11.8 Å². The van der Waals surface area contributed by atoms with Crippen LogP contribution >= 0.6 is 11.6 Å². The maximum absolute atomic E-state index is 12.1. The van der Waals surface area contributed by atoms with Crippen molar-refractivity contribution in [2.75, 3.05) is 17.7 Å². The first-order valence-electron chi connectivity index (χ1n) is 7.84. The Labute approximate surface area is 156 Å². The van der Waals surface area contributed by atoms with Gasteiger partial charge in [-0.3, -0.25) is 9.59 Å². The highest BCUT2D eigenvalue weighted by molar-refractivity contribution is 6.34. The molecule has 0 aromatic heterocycles. The van der Waals surface area contributed by atoms with Gasteiger partial charge in [0.05, 0.1) is 23.4 Å². The normalized spacial score (nSPS) is 10.2. The monoisotopic (exact) mass is 374 g/mol. The van der Waals surface area contributed by atoms with Gasteiger partial charge in [0.1, 0.15) is 6.42 Å². The number of ether oxygens (including phenoxy) is 1.